The number of hydrogen-bond acceptors (Lipinski definition) is 2. The Labute approximate surface area is 116 Å². The highest BCUT2D eigenvalue weighted by atomic mass is 79.9. The van der Waals surface area contributed by atoms with Crippen molar-refractivity contribution in [3.63, 3.8) is 0 Å². The van der Waals surface area contributed by atoms with Crippen LogP contribution < -0.4 is 0 Å². The summed E-state index contributed by atoms with van der Waals surface area (Å²) in [5.41, 5.74) is 1.32. The molecule has 1 aromatic carbocycles. The fraction of sp³-hybridized carbons (Fsp3) is 0.500. The van der Waals surface area contributed by atoms with Crippen LogP contribution in [-0.2, 0) is 11.3 Å². The Morgan fingerprint density at radius 1 is 1.39 bits per heavy atom. The Bertz CT molecular complexity index is 405. The van der Waals surface area contributed by atoms with Crippen LogP contribution in [0.1, 0.15) is 24.8 Å². The van der Waals surface area contributed by atoms with Crippen molar-refractivity contribution < 1.29 is 9.90 Å². The lowest BCUT2D eigenvalue weighted by atomic mass is 10.0. The molecule has 0 spiro atoms. The molecule has 2 rings (SSSR count). The van der Waals surface area contributed by atoms with Gasteiger partial charge in [0.15, 0.2) is 0 Å². The van der Waals surface area contributed by atoms with Gasteiger partial charge >= 0.3 is 5.97 Å². The quantitative estimate of drug-likeness (QED) is 0.908. The maximum atomic E-state index is 10.5. The third-order valence-corrected chi connectivity index (χ3v) is 3.98. The first-order chi connectivity index (χ1) is 8.63. The molecule has 0 saturated carbocycles. The summed E-state index contributed by atoms with van der Waals surface area (Å²) >= 11 is 3.43. The lowest BCUT2D eigenvalue weighted by Crippen LogP contribution is -2.20. The maximum absolute atomic E-state index is 10.5. The van der Waals surface area contributed by atoms with Crippen molar-refractivity contribution >= 4 is 21.9 Å². The molecule has 0 aromatic heterocycles. The minimum atomic E-state index is -0.679. The van der Waals surface area contributed by atoms with E-state index in [0.29, 0.717) is 12.3 Å². The molecule has 1 heterocycles. The van der Waals surface area contributed by atoms with E-state index in [0.717, 1.165) is 36.9 Å². The molecule has 1 fully saturated rings. The zero-order chi connectivity index (χ0) is 13.0. The predicted octanol–water partition coefficient (Wildman–Crippen LogP) is 3.14. The third-order valence-electron chi connectivity index (χ3n) is 3.46. The van der Waals surface area contributed by atoms with E-state index in [1.165, 1.54) is 5.56 Å². The number of carboxylic acid groups (broad SMARTS) is 1. The minimum absolute atomic E-state index is 0.302. The number of carboxylic acids is 1. The molecule has 3 nitrogen and oxygen atoms in total. The molecule has 0 bridgehead atoms. The molecule has 1 aliphatic heterocycles. The smallest absolute Gasteiger partial charge is 0.303 e. The number of benzene rings is 1. The van der Waals surface area contributed by atoms with Gasteiger partial charge in [0.25, 0.3) is 0 Å². The zero-order valence-electron chi connectivity index (χ0n) is 10.3. The van der Waals surface area contributed by atoms with Crippen LogP contribution in [0.5, 0.6) is 0 Å². The molecule has 1 saturated heterocycles. The SMILES string of the molecule is O=C(O)CCC1CCN(Cc2ccc(Br)cc2)C1. The average molecular weight is 312 g/mol. The summed E-state index contributed by atoms with van der Waals surface area (Å²) < 4.78 is 1.10. The Hall–Kier alpha value is -0.870. The van der Waals surface area contributed by atoms with Crippen molar-refractivity contribution in [2.24, 2.45) is 5.92 Å². The molecule has 98 valence electrons. The van der Waals surface area contributed by atoms with Crippen LogP contribution in [0, 0.1) is 5.92 Å². The van der Waals surface area contributed by atoms with Crippen LogP contribution in [0.3, 0.4) is 0 Å². The van der Waals surface area contributed by atoms with E-state index in [1.54, 1.807) is 0 Å². The molecule has 1 aromatic rings. The first-order valence-electron chi connectivity index (χ1n) is 6.32. The molecule has 18 heavy (non-hydrogen) atoms. The van der Waals surface area contributed by atoms with Crippen molar-refractivity contribution in [3.8, 4) is 0 Å². The molecule has 0 radical (unpaired) electrons. The van der Waals surface area contributed by atoms with E-state index in [4.69, 9.17) is 5.11 Å². The summed E-state index contributed by atoms with van der Waals surface area (Å²) in [6, 6.07) is 8.39. The summed E-state index contributed by atoms with van der Waals surface area (Å²) in [7, 11) is 0. The van der Waals surface area contributed by atoms with Gasteiger partial charge in [0.05, 0.1) is 0 Å². The van der Waals surface area contributed by atoms with Crippen LogP contribution in [0.4, 0.5) is 0 Å². The standard InChI is InChI=1S/C14H18BrNO2/c15-13-4-1-11(2-5-13)9-16-8-7-12(10-16)3-6-14(17)18/h1-2,4-5,12H,3,6-10H2,(H,17,18). The van der Waals surface area contributed by atoms with Gasteiger partial charge in [-0.1, -0.05) is 28.1 Å². The predicted molar refractivity (Wildman–Crippen MR) is 74.4 cm³/mol. The molecule has 1 atom stereocenters. The molecular formula is C14H18BrNO2. The summed E-state index contributed by atoms with van der Waals surface area (Å²) in [4.78, 5) is 13.0. The van der Waals surface area contributed by atoms with E-state index in [-0.39, 0.29) is 0 Å². The van der Waals surface area contributed by atoms with Crippen molar-refractivity contribution in [2.45, 2.75) is 25.8 Å². The number of carbonyl (C=O) groups is 1. The van der Waals surface area contributed by atoms with Gasteiger partial charge in [0.2, 0.25) is 0 Å². The molecule has 1 unspecified atom stereocenters. The number of rotatable bonds is 5. The highest BCUT2D eigenvalue weighted by Crippen LogP contribution is 2.23. The number of halogens is 1. The largest absolute Gasteiger partial charge is 0.481 e. The average Bonchev–Trinajstić information content (AvgIpc) is 2.77. The second-order valence-electron chi connectivity index (χ2n) is 4.95. The molecule has 4 heteroatoms. The third kappa shape index (κ3) is 4.10. The van der Waals surface area contributed by atoms with Crippen LogP contribution in [-0.4, -0.2) is 29.1 Å². The van der Waals surface area contributed by atoms with Crippen molar-refractivity contribution in [1.29, 1.82) is 0 Å². The number of likely N-dealkylation sites (tertiary alicyclic amines) is 1. The fourth-order valence-corrected chi connectivity index (χ4v) is 2.73. The van der Waals surface area contributed by atoms with Crippen LogP contribution in [0.15, 0.2) is 28.7 Å². The van der Waals surface area contributed by atoms with Gasteiger partial charge in [-0.3, -0.25) is 9.69 Å². The topological polar surface area (TPSA) is 40.5 Å². The first-order valence-corrected chi connectivity index (χ1v) is 7.11. The van der Waals surface area contributed by atoms with Crippen LogP contribution in [0.2, 0.25) is 0 Å². The van der Waals surface area contributed by atoms with E-state index in [2.05, 4.69) is 45.1 Å². The summed E-state index contributed by atoms with van der Waals surface area (Å²) in [5.74, 6) is -0.127. The van der Waals surface area contributed by atoms with Crippen molar-refractivity contribution in [1.82, 2.24) is 4.90 Å². The van der Waals surface area contributed by atoms with E-state index >= 15 is 0 Å². The number of nitrogens with zero attached hydrogens (tertiary/aromatic N) is 1. The number of aliphatic carboxylic acids is 1. The monoisotopic (exact) mass is 311 g/mol. The second kappa shape index (κ2) is 6.34. The minimum Gasteiger partial charge on any atom is -0.481 e. The van der Waals surface area contributed by atoms with Gasteiger partial charge < -0.3 is 5.11 Å². The maximum Gasteiger partial charge on any atom is 0.303 e. The van der Waals surface area contributed by atoms with Gasteiger partial charge in [-0.05, 0) is 43.0 Å². The molecule has 1 aliphatic rings. The van der Waals surface area contributed by atoms with E-state index in [1.807, 2.05) is 0 Å². The highest BCUT2D eigenvalue weighted by Gasteiger charge is 2.22. The Kier molecular flexibility index (Phi) is 4.78. The van der Waals surface area contributed by atoms with Crippen molar-refractivity contribution in [2.75, 3.05) is 13.1 Å². The molecule has 0 amide bonds. The Balaban J connectivity index is 1.78. The van der Waals surface area contributed by atoms with Gasteiger partial charge in [-0.15, -0.1) is 0 Å². The Morgan fingerprint density at radius 3 is 2.78 bits per heavy atom. The summed E-state index contributed by atoms with van der Waals surface area (Å²) in [5, 5.41) is 8.68. The van der Waals surface area contributed by atoms with Gasteiger partial charge in [-0.25, -0.2) is 0 Å². The zero-order valence-corrected chi connectivity index (χ0v) is 11.9. The molecular weight excluding hydrogens is 294 g/mol. The Morgan fingerprint density at radius 2 is 2.11 bits per heavy atom. The normalized spacial score (nSPS) is 20.2. The fourth-order valence-electron chi connectivity index (χ4n) is 2.47. The summed E-state index contributed by atoms with van der Waals surface area (Å²) in [6.07, 6.45) is 2.24. The molecule has 1 N–H and O–H groups in total. The van der Waals surface area contributed by atoms with Gasteiger partial charge in [0.1, 0.15) is 0 Å². The first kappa shape index (κ1) is 13.6. The van der Waals surface area contributed by atoms with Crippen LogP contribution >= 0.6 is 15.9 Å². The van der Waals surface area contributed by atoms with Crippen LogP contribution in [0.25, 0.3) is 0 Å². The molecule has 0 aliphatic carbocycles. The summed E-state index contributed by atoms with van der Waals surface area (Å²) in [6.45, 7) is 3.08. The lowest BCUT2D eigenvalue weighted by molar-refractivity contribution is -0.137. The number of hydrogen-bond donors (Lipinski definition) is 1. The van der Waals surface area contributed by atoms with Crippen molar-refractivity contribution in [3.05, 3.63) is 34.3 Å². The highest BCUT2D eigenvalue weighted by molar-refractivity contribution is 9.10. The van der Waals surface area contributed by atoms with E-state index in [9.17, 15) is 4.79 Å². The van der Waals surface area contributed by atoms with Gasteiger partial charge in [0, 0.05) is 24.0 Å². The van der Waals surface area contributed by atoms with Gasteiger partial charge in [-0.2, -0.15) is 0 Å². The van der Waals surface area contributed by atoms with E-state index < -0.39 is 5.97 Å². The lowest BCUT2D eigenvalue weighted by Gasteiger charge is -2.15. The second-order valence-corrected chi connectivity index (χ2v) is 5.86.